The van der Waals surface area contributed by atoms with Crippen LogP contribution in [-0.4, -0.2) is 12.1 Å². The van der Waals surface area contributed by atoms with Gasteiger partial charge in [-0.15, -0.1) is 0 Å². The molecular weight excluding hydrogens is 275 g/mol. The molecule has 0 atom stereocenters. The molecule has 0 saturated carbocycles. The Labute approximate surface area is 120 Å². The van der Waals surface area contributed by atoms with E-state index in [1.807, 2.05) is 18.2 Å². The van der Waals surface area contributed by atoms with Crippen LogP contribution in [0.5, 0.6) is 5.75 Å². The van der Waals surface area contributed by atoms with E-state index >= 15 is 0 Å². The molecular formula is C15H13FN2OS. The Morgan fingerprint density at radius 1 is 1.20 bits per heavy atom. The largest absolute Gasteiger partial charge is 0.497 e. The van der Waals surface area contributed by atoms with Crippen LogP contribution in [-0.2, 0) is 6.54 Å². The quantitative estimate of drug-likeness (QED) is 0.786. The first kappa shape index (κ1) is 12.9. The van der Waals surface area contributed by atoms with Crippen molar-refractivity contribution >= 4 is 26.7 Å². The van der Waals surface area contributed by atoms with Crippen LogP contribution in [0.2, 0.25) is 0 Å². The number of methoxy groups -OCH3 is 1. The number of ether oxygens (including phenoxy) is 1. The van der Waals surface area contributed by atoms with Crippen molar-refractivity contribution in [3.8, 4) is 5.75 Å². The molecule has 2 aromatic carbocycles. The molecule has 0 amide bonds. The van der Waals surface area contributed by atoms with Crippen molar-refractivity contribution < 1.29 is 9.13 Å². The summed E-state index contributed by atoms with van der Waals surface area (Å²) >= 11 is 1.57. The van der Waals surface area contributed by atoms with Gasteiger partial charge in [0.25, 0.3) is 0 Å². The molecule has 0 unspecified atom stereocenters. The van der Waals surface area contributed by atoms with E-state index in [1.165, 1.54) is 12.1 Å². The lowest BCUT2D eigenvalue weighted by Crippen LogP contribution is -1.98. The highest BCUT2D eigenvalue weighted by molar-refractivity contribution is 7.22. The van der Waals surface area contributed by atoms with E-state index < -0.39 is 0 Å². The average Bonchev–Trinajstić information content (AvgIpc) is 2.88. The molecule has 0 fully saturated rings. The number of hydrogen-bond acceptors (Lipinski definition) is 4. The summed E-state index contributed by atoms with van der Waals surface area (Å²) in [5.74, 6) is 0.604. The van der Waals surface area contributed by atoms with Crippen LogP contribution < -0.4 is 10.1 Å². The second-order valence-corrected chi connectivity index (χ2v) is 5.36. The van der Waals surface area contributed by atoms with Gasteiger partial charge < -0.3 is 10.1 Å². The Morgan fingerprint density at radius 3 is 2.75 bits per heavy atom. The van der Waals surface area contributed by atoms with E-state index in [0.717, 1.165) is 26.7 Å². The highest BCUT2D eigenvalue weighted by Gasteiger charge is 2.05. The molecule has 0 aliphatic heterocycles. The standard InChI is InChI=1S/C15H13FN2OS/c1-19-12-6-7-13-14(8-12)20-15(18-13)17-9-10-2-4-11(16)5-3-10/h2-8H,9H2,1H3,(H,17,18). The number of fused-ring (bicyclic) bond motifs is 1. The molecule has 0 radical (unpaired) electrons. The van der Waals surface area contributed by atoms with Crippen LogP contribution in [0, 0.1) is 5.82 Å². The third-order valence-corrected chi connectivity index (χ3v) is 3.93. The SMILES string of the molecule is COc1ccc2nc(NCc3ccc(F)cc3)sc2c1. The van der Waals surface area contributed by atoms with Gasteiger partial charge in [0.15, 0.2) is 5.13 Å². The summed E-state index contributed by atoms with van der Waals surface area (Å²) in [4.78, 5) is 4.50. The van der Waals surface area contributed by atoms with Crippen LogP contribution in [0.4, 0.5) is 9.52 Å². The van der Waals surface area contributed by atoms with E-state index in [-0.39, 0.29) is 5.82 Å². The lowest BCUT2D eigenvalue weighted by molar-refractivity contribution is 0.415. The van der Waals surface area contributed by atoms with Crippen molar-refractivity contribution in [3.05, 3.63) is 53.8 Å². The summed E-state index contributed by atoms with van der Waals surface area (Å²) < 4.78 is 19.1. The predicted octanol–water partition coefficient (Wildman–Crippen LogP) is 4.06. The molecule has 1 heterocycles. The first-order valence-corrected chi connectivity index (χ1v) is 6.99. The molecule has 0 saturated heterocycles. The van der Waals surface area contributed by atoms with Gasteiger partial charge in [-0.2, -0.15) is 0 Å². The number of nitrogens with zero attached hydrogens (tertiary/aromatic N) is 1. The number of halogens is 1. The van der Waals surface area contributed by atoms with E-state index in [9.17, 15) is 4.39 Å². The van der Waals surface area contributed by atoms with Gasteiger partial charge in [-0.1, -0.05) is 23.5 Å². The van der Waals surface area contributed by atoms with Crippen molar-refractivity contribution in [2.75, 3.05) is 12.4 Å². The molecule has 0 spiro atoms. The monoisotopic (exact) mass is 288 g/mol. The van der Waals surface area contributed by atoms with Gasteiger partial charge in [-0.3, -0.25) is 0 Å². The van der Waals surface area contributed by atoms with Crippen molar-refractivity contribution in [2.45, 2.75) is 6.54 Å². The molecule has 20 heavy (non-hydrogen) atoms. The van der Waals surface area contributed by atoms with Gasteiger partial charge in [0.1, 0.15) is 11.6 Å². The third kappa shape index (κ3) is 2.72. The lowest BCUT2D eigenvalue weighted by atomic mass is 10.2. The van der Waals surface area contributed by atoms with Gasteiger partial charge >= 0.3 is 0 Å². The number of hydrogen-bond donors (Lipinski definition) is 1. The maximum absolute atomic E-state index is 12.8. The third-order valence-electron chi connectivity index (χ3n) is 2.95. The first-order valence-electron chi connectivity index (χ1n) is 6.17. The van der Waals surface area contributed by atoms with Crippen molar-refractivity contribution in [3.63, 3.8) is 0 Å². The van der Waals surface area contributed by atoms with Crippen LogP contribution in [0.3, 0.4) is 0 Å². The second kappa shape index (κ2) is 5.46. The number of aromatic nitrogens is 1. The highest BCUT2D eigenvalue weighted by Crippen LogP contribution is 2.29. The van der Waals surface area contributed by atoms with E-state index in [1.54, 1.807) is 30.6 Å². The fraction of sp³-hybridized carbons (Fsp3) is 0.133. The van der Waals surface area contributed by atoms with Gasteiger partial charge in [-0.25, -0.2) is 9.37 Å². The van der Waals surface area contributed by atoms with Gasteiger partial charge in [-0.05, 0) is 35.9 Å². The molecule has 102 valence electrons. The molecule has 1 N–H and O–H groups in total. The lowest BCUT2D eigenvalue weighted by Gasteiger charge is -2.02. The zero-order valence-corrected chi connectivity index (χ0v) is 11.7. The summed E-state index contributed by atoms with van der Waals surface area (Å²) in [6, 6.07) is 12.2. The molecule has 1 aromatic heterocycles. The summed E-state index contributed by atoms with van der Waals surface area (Å²) in [7, 11) is 1.65. The minimum absolute atomic E-state index is 0.221. The Bertz CT molecular complexity index is 724. The Morgan fingerprint density at radius 2 is 2.00 bits per heavy atom. The normalized spacial score (nSPS) is 10.7. The van der Waals surface area contributed by atoms with Crippen LogP contribution in [0.15, 0.2) is 42.5 Å². The predicted molar refractivity (Wildman–Crippen MR) is 79.9 cm³/mol. The molecule has 5 heteroatoms. The van der Waals surface area contributed by atoms with Crippen molar-refractivity contribution in [1.82, 2.24) is 4.98 Å². The highest BCUT2D eigenvalue weighted by atomic mass is 32.1. The summed E-state index contributed by atoms with van der Waals surface area (Å²) in [6.45, 7) is 0.622. The topological polar surface area (TPSA) is 34.1 Å². The number of anilines is 1. The maximum Gasteiger partial charge on any atom is 0.184 e. The van der Waals surface area contributed by atoms with E-state index in [4.69, 9.17) is 4.74 Å². The minimum Gasteiger partial charge on any atom is -0.497 e. The van der Waals surface area contributed by atoms with Crippen molar-refractivity contribution in [1.29, 1.82) is 0 Å². The Hall–Kier alpha value is -2.14. The van der Waals surface area contributed by atoms with Gasteiger partial charge in [0.2, 0.25) is 0 Å². The molecule has 3 rings (SSSR count). The van der Waals surface area contributed by atoms with Crippen LogP contribution in [0.1, 0.15) is 5.56 Å². The fourth-order valence-electron chi connectivity index (χ4n) is 1.89. The summed E-state index contributed by atoms with van der Waals surface area (Å²) in [5, 5.41) is 4.10. The zero-order chi connectivity index (χ0) is 13.9. The Balaban J connectivity index is 1.75. The van der Waals surface area contributed by atoms with Gasteiger partial charge in [0.05, 0.1) is 17.3 Å². The fourth-order valence-corrected chi connectivity index (χ4v) is 2.78. The van der Waals surface area contributed by atoms with Gasteiger partial charge in [0, 0.05) is 6.54 Å². The average molecular weight is 288 g/mol. The van der Waals surface area contributed by atoms with E-state index in [0.29, 0.717) is 6.54 Å². The number of thiazole rings is 1. The van der Waals surface area contributed by atoms with Crippen molar-refractivity contribution in [2.24, 2.45) is 0 Å². The van der Waals surface area contributed by atoms with Crippen LogP contribution in [0.25, 0.3) is 10.2 Å². The smallest absolute Gasteiger partial charge is 0.184 e. The van der Waals surface area contributed by atoms with Crippen LogP contribution >= 0.6 is 11.3 Å². The molecule has 3 aromatic rings. The maximum atomic E-state index is 12.8. The molecule has 0 aliphatic rings. The Kier molecular flexibility index (Phi) is 3.52. The number of nitrogens with one attached hydrogen (secondary N) is 1. The zero-order valence-electron chi connectivity index (χ0n) is 10.9. The number of benzene rings is 2. The number of rotatable bonds is 4. The minimum atomic E-state index is -0.221. The molecule has 3 nitrogen and oxygen atoms in total. The first-order chi connectivity index (χ1) is 9.74. The molecule has 0 bridgehead atoms. The molecule has 0 aliphatic carbocycles. The summed E-state index contributed by atoms with van der Waals surface area (Å²) in [5.41, 5.74) is 1.96. The van der Waals surface area contributed by atoms with E-state index in [2.05, 4.69) is 10.3 Å². The second-order valence-electron chi connectivity index (χ2n) is 4.33. The summed E-state index contributed by atoms with van der Waals surface area (Å²) in [6.07, 6.45) is 0.